The number of carbonyl (C=O) groups excluding carboxylic acids is 1. The second-order valence-electron chi connectivity index (χ2n) is 9.88. The second kappa shape index (κ2) is 10.6. The fraction of sp³-hybridized carbons (Fsp3) is 0.481. The maximum atomic E-state index is 15.1. The quantitative estimate of drug-likeness (QED) is 0.409. The standard InChI is InChI=1S/C27H29F2N5O5/c1-3-36-25(35)24-22(26-37-8-9-38-26)23(19-7-4-17(28)10-20(19)29)31-27(32-24)33-12-15(2)39-21(14-33)16-11-30-34(13-16)18-5-6-18/h4,7,10-11,13,15,18,21,26H,3,5-6,8-9,12,14H2,1-2H3/t15-,21-/m1/s1. The van der Waals surface area contributed by atoms with Crippen LogP contribution in [0.5, 0.6) is 0 Å². The van der Waals surface area contributed by atoms with Gasteiger partial charge in [0.25, 0.3) is 0 Å². The van der Waals surface area contributed by atoms with Crippen LogP contribution in [-0.4, -0.2) is 64.7 Å². The Hall–Kier alpha value is -3.48. The summed E-state index contributed by atoms with van der Waals surface area (Å²) in [5.74, 6) is -2.10. The minimum absolute atomic E-state index is 0.0109. The van der Waals surface area contributed by atoms with Crippen LogP contribution >= 0.6 is 0 Å². The van der Waals surface area contributed by atoms with Gasteiger partial charge in [-0.3, -0.25) is 4.68 Å². The summed E-state index contributed by atoms with van der Waals surface area (Å²) < 4.78 is 53.8. The van der Waals surface area contributed by atoms with E-state index in [1.807, 2.05) is 22.7 Å². The summed E-state index contributed by atoms with van der Waals surface area (Å²) in [6.45, 7) is 5.08. The smallest absolute Gasteiger partial charge is 0.357 e. The maximum Gasteiger partial charge on any atom is 0.357 e. The topological polar surface area (TPSA) is 101 Å². The van der Waals surface area contributed by atoms with Gasteiger partial charge in [0.05, 0.1) is 56.0 Å². The van der Waals surface area contributed by atoms with Gasteiger partial charge in [-0.25, -0.2) is 23.5 Å². The summed E-state index contributed by atoms with van der Waals surface area (Å²) in [6, 6.07) is 3.62. The van der Waals surface area contributed by atoms with Crippen molar-refractivity contribution >= 4 is 11.9 Å². The summed E-state index contributed by atoms with van der Waals surface area (Å²) >= 11 is 0. The molecule has 0 unspecified atom stereocenters. The lowest BCUT2D eigenvalue weighted by molar-refractivity contribution is -0.0451. The molecule has 2 aliphatic heterocycles. The molecule has 1 saturated carbocycles. The van der Waals surface area contributed by atoms with Crippen LogP contribution < -0.4 is 4.90 Å². The zero-order valence-electron chi connectivity index (χ0n) is 21.7. The van der Waals surface area contributed by atoms with Gasteiger partial charge in [-0.05, 0) is 38.8 Å². The molecule has 2 saturated heterocycles. The number of ether oxygens (including phenoxy) is 4. The molecule has 10 nitrogen and oxygen atoms in total. The van der Waals surface area contributed by atoms with Crippen LogP contribution in [0.2, 0.25) is 0 Å². The lowest BCUT2D eigenvalue weighted by Gasteiger charge is -2.37. The van der Waals surface area contributed by atoms with E-state index in [1.165, 1.54) is 6.07 Å². The van der Waals surface area contributed by atoms with Crippen LogP contribution in [0.3, 0.4) is 0 Å². The molecule has 0 amide bonds. The number of esters is 1. The molecule has 12 heteroatoms. The van der Waals surface area contributed by atoms with Crippen molar-refractivity contribution in [2.24, 2.45) is 0 Å². The number of rotatable bonds is 7. The molecule has 2 atom stereocenters. The third-order valence-corrected chi connectivity index (χ3v) is 6.90. The van der Waals surface area contributed by atoms with Crippen molar-refractivity contribution in [2.75, 3.05) is 37.8 Å². The molecular weight excluding hydrogens is 512 g/mol. The van der Waals surface area contributed by atoms with E-state index >= 15 is 4.39 Å². The Labute approximate surface area is 223 Å². The van der Waals surface area contributed by atoms with Gasteiger partial charge in [0.1, 0.15) is 17.7 Å². The Kier molecular flexibility index (Phi) is 7.00. The third-order valence-electron chi connectivity index (χ3n) is 6.90. The number of hydrogen-bond donors (Lipinski definition) is 0. The molecule has 4 heterocycles. The van der Waals surface area contributed by atoms with Crippen LogP contribution in [0, 0.1) is 11.6 Å². The van der Waals surface area contributed by atoms with E-state index in [0.717, 1.165) is 30.5 Å². The number of halogens is 2. The fourth-order valence-corrected chi connectivity index (χ4v) is 4.95. The van der Waals surface area contributed by atoms with Gasteiger partial charge in [-0.2, -0.15) is 5.10 Å². The molecule has 3 aliphatic rings. The van der Waals surface area contributed by atoms with Crippen LogP contribution in [0.1, 0.15) is 66.7 Å². The molecule has 1 aliphatic carbocycles. The van der Waals surface area contributed by atoms with Crippen molar-refractivity contribution in [1.82, 2.24) is 19.7 Å². The first-order valence-corrected chi connectivity index (χ1v) is 13.1. The highest BCUT2D eigenvalue weighted by Gasteiger charge is 2.36. The van der Waals surface area contributed by atoms with Crippen molar-refractivity contribution < 1.29 is 32.5 Å². The Balaban J connectivity index is 1.45. The minimum Gasteiger partial charge on any atom is -0.461 e. The van der Waals surface area contributed by atoms with Gasteiger partial charge < -0.3 is 23.8 Å². The molecule has 1 aromatic carbocycles. The third kappa shape index (κ3) is 5.23. The molecular formula is C27H29F2N5O5. The van der Waals surface area contributed by atoms with Crippen LogP contribution in [0.15, 0.2) is 30.6 Å². The summed E-state index contributed by atoms with van der Waals surface area (Å²) in [4.78, 5) is 24.4. The van der Waals surface area contributed by atoms with Crippen molar-refractivity contribution in [3.63, 3.8) is 0 Å². The van der Waals surface area contributed by atoms with E-state index in [4.69, 9.17) is 23.9 Å². The van der Waals surface area contributed by atoms with Gasteiger partial charge in [-0.1, -0.05) is 0 Å². The summed E-state index contributed by atoms with van der Waals surface area (Å²) in [6.07, 6.45) is 4.51. The van der Waals surface area contributed by atoms with Crippen molar-refractivity contribution in [3.8, 4) is 11.3 Å². The minimum atomic E-state index is -1.01. The fourth-order valence-electron chi connectivity index (χ4n) is 4.95. The lowest BCUT2D eigenvalue weighted by Crippen LogP contribution is -2.44. The zero-order valence-corrected chi connectivity index (χ0v) is 21.7. The molecule has 0 radical (unpaired) electrons. The molecule has 3 fully saturated rings. The number of carbonyl (C=O) groups is 1. The van der Waals surface area contributed by atoms with Crippen LogP contribution in [0.25, 0.3) is 11.3 Å². The number of morpholine rings is 1. The van der Waals surface area contributed by atoms with Gasteiger partial charge in [0.15, 0.2) is 12.0 Å². The van der Waals surface area contributed by atoms with E-state index in [0.29, 0.717) is 19.1 Å². The van der Waals surface area contributed by atoms with Crippen molar-refractivity contribution in [2.45, 2.75) is 51.2 Å². The zero-order chi connectivity index (χ0) is 27.1. The van der Waals surface area contributed by atoms with E-state index in [2.05, 4.69) is 10.1 Å². The Morgan fingerprint density at radius 3 is 2.67 bits per heavy atom. The Morgan fingerprint density at radius 2 is 1.95 bits per heavy atom. The van der Waals surface area contributed by atoms with Gasteiger partial charge in [-0.15, -0.1) is 0 Å². The Morgan fingerprint density at radius 1 is 1.15 bits per heavy atom. The maximum absolute atomic E-state index is 15.1. The highest BCUT2D eigenvalue weighted by molar-refractivity contribution is 5.91. The summed E-state index contributed by atoms with van der Waals surface area (Å²) in [5, 5.41) is 4.49. The Bertz CT molecular complexity index is 1370. The first kappa shape index (κ1) is 25.8. The van der Waals surface area contributed by atoms with Gasteiger partial charge in [0.2, 0.25) is 5.95 Å². The van der Waals surface area contributed by atoms with E-state index in [9.17, 15) is 9.18 Å². The predicted molar refractivity (Wildman–Crippen MR) is 134 cm³/mol. The van der Waals surface area contributed by atoms with E-state index < -0.39 is 23.9 Å². The molecule has 0 spiro atoms. The number of anilines is 1. The summed E-state index contributed by atoms with van der Waals surface area (Å²) in [5.41, 5.74) is 1.04. The number of benzene rings is 1. The average molecular weight is 542 g/mol. The van der Waals surface area contributed by atoms with Crippen LogP contribution in [-0.2, 0) is 18.9 Å². The molecule has 0 bridgehead atoms. The molecule has 0 N–H and O–H groups in total. The number of aromatic nitrogens is 4. The predicted octanol–water partition coefficient (Wildman–Crippen LogP) is 4.14. The van der Waals surface area contributed by atoms with Gasteiger partial charge in [0, 0.05) is 29.9 Å². The molecule has 3 aromatic rings. The highest BCUT2D eigenvalue weighted by atomic mass is 19.1. The first-order chi connectivity index (χ1) is 18.9. The van der Waals surface area contributed by atoms with Crippen LogP contribution in [0.4, 0.5) is 14.7 Å². The second-order valence-corrected chi connectivity index (χ2v) is 9.88. The average Bonchev–Trinajstić information content (AvgIpc) is 3.40. The normalized spacial score (nSPS) is 21.9. The molecule has 2 aromatic heterocycles. The molecule has 6 rings (SSSR count). The highest BCUT2D eigenvalue weighted by Crippen LogP contribution is 2.38. The monoisotopic (exact) mass is 541 g/mol. The van der Waals surface area contributed by atoms with Gasteiger partial charge >= 0.3 is 5.97 Å². The van der Waals surface area contributed by atoms with Crippen molar-refractivity contribution in [1.29, 1.82) is 0 Å². The largest absolute Gasteiger partial charge is 0.461 e. The van der Waals surface area contributed by atoms with E-state index in [-0.39, 0.29) is 60.5 Å². The first-order valence-electron chi connectivity index (χ1n) is 13.1. The molecule has 206 valence electrons. The van der Waals surface area contributed by atoms with E-state index in [1.54, 1.807) is 13.1 Å². The number of nitrogens with zero attached hydrogens (tertiary/aromatic N) is 5. The molecule has 39 heavy (non-hydrogen) atoms. The SMILES string of the molecule is CCOC(=O)c1nc(N2C[C@@H](C)O[C@@H](c3cnn(C4CC4)c3)C2)nc(-c2ccc(F)cc2F)c1C1OCCO1. The summed E-state index contributed by atoms with van der Waals surface area (Å²) in [7, 11) is 0. The lowest BCUT2D eigenvalue weighted by atomic mass is 10.0. The van der Waals surface area contributed by atoms with Crippen molar-refractivity contribution in [3.05, 3.63) is 59.0 Å². The number of hydrogen-bond acceptors (Lipinski definition) is 9.